The van der Waals surface area contributed by atoms with Gasteiger partial charge in [0.25, 0.3) is 0 Å². The van der Waals surface area contributed by atoms with E-state index in [0.717, 1.165) is 5.56 Å². The van der Waals surface area contributed by atoms with Crippen molar-refractivity contribution in [3.05, 3.63) is 52.5 Å². The number of unbranched alkanes of at least 4 members (excludes halogenated alkanes) is 1. The van der Waals surface area contributed by atoms with Crippen LogP contribution in [0.4, 0.5) is 9.41 Å². The molecule has 1 unspecified atom stereocenters. The zero-order chi connectivity index (χ0) is 42.6. The van der Waals surface area contributed by atoms with Crippen molar-refractivity contribution in [2.45, 2.75) is 116 Å². The number of benzene rings is 1. The highest BCUT2D eigenvalue weighted by atomic mass is 32.1. The van der Waals surface area contributed by atoms with Crippen molar-refractivity contribution in [3.8, 4) is 0 Å². The van der Waals surface area contributed by atoms with E-state index in [1.165, 1.54) is 11.3 Å². The lowest BCUT2D eigenvalue weighted by molar-refractivity contribution is -0.140. The first kappa shape index (κ1) is 53.4. The standard InChI is InChI=1S/C41H64N8O8S.2FH/c1-26(2)18-32(35(50)23-36(51)45-33(19-27(3)4)40(55)46-31(38(43)53)12-8-9-13-42)47-41(56)34(22-30-24-58-25-44-30)48-39(54)29(20-28-10-6-5-7-11-28)21-37(52)49-14-16-57-17-15-49;;/h5-7,10-11,24-27,29,31-35,50H,8-9,12-23,42H2,1-4H3,(H2,43,53)(H,45,51)(H,46,55)(H,47,56)(H,48,54);2*1H/t29-,31+,32+,33+,34?,35+;;/m1../s1. The zero-order valence-corrected chi connectivity index (χ0v) is 36.0. The highest BCUT2D eigenvalue weighted by Crippen LogP contribution is 2.18. The summed E-state index contributed by atoms with van der Waals surface area (Å²) in [6.07, 6.45) is 0.535. The number of nitrogens with one attached hydrogen (secondary N) is 4. The SMILES string of the molecule is CC(C)C[C@H](NC(=O)C[C@H](O)[C@H](CC(C)C)NC(=O)C(Cc1cscn1)NC(=O)[C@@H](CC(=O)N1CCOCC1)Cc1ccccc1)C(=O)N[C@@H](CCCCN)C(N)=O.F.F. The predicted octanol–water partition coefficient (Wildman–Crippen LogP) is 1.50. The lowest BCUT2D eigenvalue weighted by Gasteiger charge is -2.30. The highest BCUT2D eigenvalue weighted by Gasteiger charge is 2.34. The van der Waals surface area contributed by atoms with E-state index in [1.54, 1.807) is 15.8 Å². The van der Waals surface area contributed by atoms with E-state index < -0.39 is 72.1 Å². The lowest BCUT2D eigenvalue weighted by atomic mass is 9.93. The van der Waals surface area contributed by atoms with Crippen LogP contribution in [-0.2, 0) is 46.3 Å². The maximum atomic E-state index is 14.1. The molecule has 1 fully saturated rings. The van der Waals surface area contributed by atoms with Crippen molar-refractivity contribution in [2.75, 3.05) is 32.8 Å². The molecule has 0 saturated carbocycles. The number of hydrogen-bond acceptors (Lipinski definition) is 11. The van der Waals surface area contributed by atoms with Gasteiger partial charge in [-0.1, -0.05) is 58.0 Å². The van der Waals surface area contributed by atoms with Crippen LogP contribution in [0.3, 0.4) is 0 Å². The number of morpholine rings is 1. The van der Waals surface area contributed by atoms with Crippen LogP contribution in [-0.4, -0.2) is 114 Å². The Bertz CT molecular complexity index is 1600. The smallest absolute Gasteiger partial charge is 0.243 e. The summed E-state index contributed by atoms with van der Waals surface area (Å²) in [5.41, 5.74) is 14.2. The van der Waals surface area contributed by atoms with Crippen molar-refractivity contribution >= 4 is 46.8 Å². The third-order valence-corrected chi connectivity index (χ3v) is 10.5. The number of aliphatic hydroxyl groups excluding tert-OH is 1. The molecular formula is C41H66F2N8O8S. The zero-order valence-electron chi connectivity index (χ0n) is 35.1. The van der Waals surface area contributed by atoms with Crippen LogP contribution in [0.1, 0.15) is 83.9 Å². The van der Waals surface area contributed by atoms with E-state index in [9.17, 15) is 33.9 Å². The number of carbonyl (C=O) groups excluding carboxylic acids is 6. The third kappa shape index (κ3) is 19.2. The van der Waals surface area contributed by atoms with Crippen LogP contribution in [0.2, 0.25) is 0 Å². The summed E-state index contributed by atoms with van der Waals surface area (Å²) < 4.78 is 5.40. The Kier molecular flexibility index (Phi) is 25.0. The van der Waals surface area contributed by atoms with Crippen molar-refractivity contribution < 1.29 is 48.0 Å². The molecule has 6 amide bonds. The molecule has 3 rings (SSSR count). The van der Waals surface area contributed by atoms with Gasteiger partial charge in [-0.05, 0) is 62.5 Å². The molecule has 0 spiro atoms. The van der Waals surface area contributed by atoms with Gasteiger partial charge >= 0.3 is 0 Å². The Morgan fingerprint density at radius 3 is 2.03 bits per heavy atom. The van der Waals surface area contributed by atoms with E-state index >= 15 is 0 Å². The van der Waals surface area contributed by atoms with Crippen molar-refractivity contribution in [1.82, 2.24) is 31.2 Å². The molecule has 0 radical (unpaired) electrons. The van der Waals surface area contributed by atoms with Crippen LogP contribution < -0.4 is 32.7 Å². The molecule has 2 heterocycles. The Hall–Kier alpha value is -4.59. The fourth-order valence-electron chi connectivity index (χ4n) is 6.80. The van der Waals surface area contributed by atoms with Gasteiger partial charge in [-0.15, -0.1) is 11.3 Å². The number of nitrogens with zero attached hydrogens (tertiary/aromatic N) is 2. The van der Waals surface area contributed by atoms with E-state index in [1.807, 2.05) is 58.0 Å². The molecule has 9 N–H and O–H groups in total. The van der Waals surface area contributed by atoms with Crippen LogP contribution in [0.15, 0.2) is 41.2 Å². The van der Waals surface area contributed by atoms with Crippen LogP contribution >= 0.6 is 11.3 Å². The van der Waals surface area contributed by atoms with Gasteiger partial charge in [0.2, 0.25) is 35.4 Å². The first-order valence-electron chi connectivity index (χ1n) is 20.3. The minimum atomic E-state index is -1.36. The summed E-state index contributed by atoms with van der Waals surface area (Å²) >= 11 is 1.34. The van der Waals surface area contributed by atoms with Crippen LogP contribution in [0, 0.1) is 17.8 Å². The number of thiazole rings is 1. The minimum Gasteiger partial charge on any atom is -0.390 e. The minimum absolute atomic E-state index is 0. The first-order valence-corrected chi connectivity index (χ1v) is 21.2. The van der Waals surface area contributed by atoms with E-state index in [0.29, 0.717) is 64.2 Å². The Labute approximate surface area is 355 Å². The molecule has 16 nitrogen and oxygen atoms in total. The highest BCUT2D eigenvalue weighted by molar-refractivity contribution is 7.07. The number of halogens is 2. The van der Waals surface area contributed by atoms with Crippen molar-refractivity contribution in [1.29, 1.82) is 0 Å². The normalized spacial score (nSPS) is 15.6. The molecule has 1 saturated heterocycles. The van der Waals surface area contributed by atoms with Crippen LogP contribution in [0.25, 0.3) is 0 Å². The molecule has 2 aromatic rings. The number of hydrogen-bond donors (Lipinski definition) is 7. The topological polar surface area (TPSA) is 248 Å². The lowest BCUT2D eigenvalue weighted by Crippen LogP contribution is -2.56. The summed E-state index contributed by atoms with van der Waals surface area (Å²) in [4.78, 5) is 86.4. The summed E-state index contributed by atoms with van der Waals surface area (Å²) in [5.74, 6) is -3.95. The van der Waals surface area contributed by atoms with Crippen LogP contribution in [0.5, 0.6) is 0 Å². The number of rotatable bonds is 25. The van der Waals surface area contributed by atoms with Crippen molar-refractivity contribution in [2.24, 2.45) is 29.2 Å². The Morgan fingerprint density at radius 2 is 1.45 bits per heavy atom. The van der Waals surface area contributed by atoms with Gasteiger partial charge in [-0.25, -0.2) is 4.98 Å². The first-order chi connectivity index (χ1) is 27.7. The molecule has 1 aromatic heterocycles. The summed E-state index contributed by atoms with van der Waals surface area (Å²) in [7, 11) is 0. The number of amides is 6. The summed E-state index contributed by atoms with van der Waals surface area (Å²) in [6.45, 7) is 9.72. The summed E-state index contributed by atoms with van der Waals surface area (Å²) in [6, 6.07) is 5.38. The predicted molar refractivity (Wildman–Crippen MR) is 226 cm³/mol. The third-order valence-electron chi connectivity index (χ3n) is 9.89. The maximum absolute atomic E-state index is 14.1. The molecular weight excluding hydrogens is 803 g/mol. The van der Waals surface area contributed by atoms with E-state index in [4.69, 9.17) is 16.2 Å². The van der Waals surface area contributed by atoms with Gasteiger partial charge < -0.3 is 47.5 Å². The van der Waals surface area contributed by atoms with E-state index in [-0.39, 0.29) is 52.8 Å². The van der Waals surface area contributed by atoms with Gasteiger partial charge in [0.1, 0.15) is 18.1 Å². The van der Waals surface area contributed by atoms with Gasteiger partial charge in [-0.3, -0.25) is 38.2 Å². The fourth-order valence-corrected chi connectivity index (χ4v) is 7.37. The molecule has 1 aliphatic heterocycles. The van der Waals surface area contributed by atoms with Gasteiger partial charge in [0.05, 0.1) is 48.9 Å². The second-order valence-corrected chi connectivity index (χ2v) is 16.6. The van der Waals surface area contributed by atoms with Gasteiger partial charge in [0, 0.05) is 31.3 Å². The van der Waals surface area contributed by atoms with Gasteiger partial charge in [-0.2, -0.15) is 0 Å². The Morgan fingerprint density at radius 1 is 0.817 bits per heavy atom. The molecule has 0 bridgehead atoms. The monoisotopic (exact) mass is 868 g/mol. The molecule has 338 valence electrons. The molecule has 1 aromatic carbocycles. The number of primary amides is 1. The maximum Gasteiger partial charge on any atom is 0.243 e. The summed E-state index contributed by atoms with van der Waals surface area (Å²) in [5, 5.41) is 24.4. The molecule has 6 atom stereocenters. The van der Waals surface area contributed by atoms with E-state index in [2.05, 4.69) is 26.3 Å². The largest absolute Gasteiger partial charge is 0.390 e. The second-order valence-electron chi connectivity index (χ2n) is 15.8. The fraction of sp³-hybridized carbons (Fsp3) is 0.634. The molecule has 19 heteroatoms. The average molecular weight is 869 g/mol. The molecule has 60 heavy (non-hydrogen) atoms. The number of nitrogens with two attached hydrogens (primary N) is 2. The molecule has 0 aliphatic carbocycles. The Balaban J connectivity index is 0.00000900. The number of aromatic nitrogens is 1. The van der Waals surface area contributed by atoms with Gasteiger partial charge in [0.15, 0.2) is 0 Å². The quantitative estimate of drug-likeness (QED) is 0.0709. The number of carbonyl (C=O) groups is 6. The number of aliphatic hydroxyl groups is 1. The second kappa shape index (κ2) is 28.0. The number of ether oxygens (including phenoxy) is 1. The average Bonchev–Trinajstić information content (AvgIpc) is 3.70. The van der Waals surface area contributed by atoms with Crippen molar-refractivity contribution in [3.63, 3.8) is 0 Å². The molecule has 1 aliphatic rings.